The van der Waals surface area contributed by atoms with E-state index in [2.05, 4.69) is 15.5 Å². The third-order valence-electron chi connectivity index (χ3n) is 7.19. The van der Waals surface area contributed by atoms with E-state index in [1.54, 1.807) is 13.2 Å². The minimum absolute atomic E-state index is 0.0361. The van der Waals surface area contributed by atoms with Crippen molar-refractivity contribution >= 4 is 36.6 Å². The van der Waals surface area contributed by atoms with Crippen molar-refractivity contribution in [1.82, 2.24) is 20.0 Å². The minimum Gasteiger partial charge on any atom is -0.497 e. The highest BCUT2D eigenvalue weighted by atomic mass is 16.5. The number of methoxy groups -OCH3 is 1. The van der Waals surface area contributed by atoms with Gasteiger partial charge >= 0.3 is 6.03 Å². The van der Waals surface area contributed by atoms with Crippen molar-refractivity contribution in [2.45, 2.75) is 31.8 Å². The largest absolute Gasteiger partial charge is 0.497 e. The number of benzene rings is 2. The lowest BCUT2D eigenvalue weighted by Crippen LogP contribution is -2.49. The molecule has 3 amide bonds. The fourth-order valence-corrected chi connectivity index (χ4v) is 5.13. The van der Waals surface area contributed by atoms with Crippen LogP contribution >= 0.6 is 0 Å². The normalized spacial score (nSPS) is 16.8. The van der Waals surface area contributed by atoms with Crippen molar-refractivity contribution in [2.75, 3.05) is 65.0 Å². The van der Waals surface area contributed by atoms with E-state index in [-0.39, 0.29) is 18.0 Å². The summed E-state index contributed by atoms with van der Waals surface area (Å²) in [5, 5.41) is 6.07. The molecule has 4 N–H and O–H groups in total. The Hall–Kier alpha value is -3.24. The lowest BCUT2D eigenvalue weighted by Gasteiger charge is -2.38. The molecule has 1 fully saturated rings. The number of hydrogen-bond acceptors (Lipinski definition) is 6. The Bertz CT molecular complexity index is 1130. The molecule has 2 aromatic rings. The van der Waals surface area contributed by atoms with Gasteiger partial charge in [0, 0.05) is 62.2 Å². The first-order valence-electron chi connectivity index (χ1n) is 12.8. The first-order chi connectivity index (χ1) is 17.7. The number of ether oxygens (including phenoxy) is 1. The van der Waals surface area contributed by atoms with Crippen LogP contribution in [0.5, 0.6) is 5.75 Å². The molecule has 9 nitrogen and oxygen atoms in total. The van der Waals surface area contributed by atoms with Crippen molar-refractivity contribution in [3.8, 4) is 5.75 Å². The van der Waals surface area contributed by atoms with Gasteiger partial charge in [0.15, 0.2) is 0 Å². The SMILES string of the molecule is [B]c1cc(C(=O)NCCN2CCC(N3CCc4cc(OC)ccc4NC3=O)CC2)cc(CN(C)C)c1N. The average Bonchev–Trinajstić information content (AvgIpc) is 3.04. The monoisotopic (exact) mass is 504 g/mol. The first kappa shape index (κ1) is 26.8. The van der Waals surface area contributed by atoms with Crippen molar-refractivity contribution in [2.24, 2.45) is 0 Å². The highest BCUT2D eigenvalue weighted by Gasteiger charge is 2.30. The Kier molecular flexibility index (Phi) is 8.61. The molecule has 2 radical (unpaired) electrons. The summed E-state index contributed by atoms with van der Waals surface area (Å²) in [7, 11) is 11.6. The maximum Gasteiger partial charge on any atom is 0.322 e. The molecule has 196 valence electrons. The van der Waals surface area contributed by atoms with Crippen molar-refractivity contribution in [3.63, 3.8) is 0 Å². The minimum atomic E-state index is -0.154. The second kappa shape index (κ2) is 11.9. The molecule has 37 heavy (non-hydrogen) atoms. The van der Waals surface area contributed by atoms with Crippen molar-refractivity contribution in [3.05, 3.63) is 47.0 Å². The number of anilines is 2. The summed E-state index contributed by atoms with van der Waals surface area (Å²) in [5.74, 6) is 0.648. The zero-order valence-electron chi connectivity index (χ0n) is 22.0. The Balaban J connectivity index is 1.25. The van der Waals surface area contributed by atoms with Crippen LogP contribution in [0.25, 0.3) is 0 Å². The molecule has 2 aliphatic rings. The van der Waals surface area contributed by atoms with Crippen LogP contribution in [0.2, 0.25) is 0 Å². The van der Waals surface area contributed by atoms with E-state index >= 15 is 0 Å². The summed E-state index contributed by atoms with van der Waals surface area (Å²) in [6, 6.07) is 9.40. The lowest BCUT2D eigenvalue weighted by atomic mass is 9.89. The molecule has 2 aliphatic heterocycles. The number of urea groups is 1. The highest BCUT2D eigenvalue weighted by molar-refractivity contribution is 6.36. The second-order valence-corrected chi connectivity index (χ2v) is 10.1. The van der Waals surface area contributed by atoms with Gasteiger partial charge in [-0.3, -0.25) is 4.79 Å². The third kappa shape index (κ3) is 6.56. The van der Waals surface area contributed by atoms with Crippen LogP contribution < -0.4 is 26.6 Å². The summed E-state index contributed by atoms with van der Waals surface area (Å²) in [5.41, 5.74) is 10.4. The number of carbonyl (C=O) groups excluding carboxylic acids is 2. The van der Waals surface area contributed by atoms with Gasteiger partial charge in [-0.2, -0.15) is 0 Å². The lowest BCUT2D eigenvalue weighted by molar-refractivity contribution is 0.0937. The Labute approximate surface area is 220 Å². The van der Waals surface area contributed by atoms with Gasteiger partial charge < -0.3 is 35.8 Å². The Morgan fingerprint density at radius 3 is 2.68 bits per heavy atom. The Morgan fingerprint density at radius 1 is 1.22 bits per heavy atom. The van der Waals surface area contributed by atoms with Crippen LogP contribution in [-0.2, 0) is 13.0 Å². The number of rotatable bonds is 8. The van der Waals surface area contributed by atoms with Crippen LogP contribution in [0.15, 0.2) is 30.3 Å². The molecule has 0 unspecified atom stereocenters. The average molecular weight is 504 g/mol. The van der Waals surface area contributed by atoms with E-state index in [9.17, 15) is 9.59 Å². The summed E-state index contributed by atoms with van der Waals surface area (Å²) in [4.78, 5) is 32.0. The number of nitrogens with one attached hydrogen (secondary N) is 2. The van der Waals surface area contributed by atoms with Gasteiger partial charge in [-0.15, -0.1) is 0 Å². The number of likely N-dealkylation sites (tertiary alicyclic amines) is 1. The van der Waals surface area contributed by atoms with E-state index in [0.717, 1.165) is 61.5 Å². The van der Waals surface area contributed by atoms with E-state index in [4.69, 9.17) is 18.3 Å². The molecule has 0 aliphatic carbocycles. The Morgan fingerprint density at radius 2 is 1.97 bits per heavy atom. The molecule has 0 spiro atoms. The first-order valence-corrected chi connectivity index (χ1v) is 12.8. The predicted molar refractivity (Wildman–Crippen MR) is 148 cm³/mol. The molecule has 0 saturated carbocycles. The van der Waals surface area contributed by atoms with Gasteiger partial charge in [-0.1, -0.05) is 11.5 Å². The van der Waals surface area contributed by atoms with E-state index in [1.165, 1.54) is 0 Å². The van der Waals surface area contributed by atoms with Crippen molar-refractivity contribution in [1.29, 1.82) is 0 Å². The van der Waals surface area contributed by atoms with Gasteiger partial charge in [-0.05, 0) is 68.8 Å². The number of amides is 3. The van der Waals surface area contributed by atoms with Crippen LogP contribution in [0.1, 0.15) is 34.3 Å². The molecule has 2 aromatic carbocycles. The molecule has 4 rings (SSSR count). The van der Waals surface area contributed by atoms with Gasteiger partial charge in [0.25, 0.3) is 5.91 Å². The zero-order valence-corrected chi connectivity index (χ0v) is 22.0. The van der Waals surface area contributed by atoms with E-state index in [1.807, 2.05) is 48.2 Å². The summed E-state index contributed by atoms with van der Waals surface area (Å²) in [6.07, 6.45) is 2.61. The molecular formula is C27H37BN6O3. The second-order valence-electron chi connectivity index (χ2n) is 10.1. The molecule has 1 saturated heterocycles. The van der Waals surface area contributed by atoms with Crippen molar-refractivity contribution < 1.29 is 14.3 Å². The van der Waals surface area contributed by atoms with Gasteiger partial charge in [-0.25, -0.2) is 4.79 Å². The maximum absolute atomic E-state index is 12.9. The number of nitrogens with zero attached hydrogens (tertiary/aromatic N) is 3. The van der Waals surface area contributed by atoms with Crippen LogP contribution in [0.4, 0.5) is 16.2 Å². The summed E-state index contributed by atoms with van der Waals surface area (Å²) >= 11 is 0. The maximum atomic E-state index is 12.9. The van der Waals surface area contributed by atoms with Crippen LogP contribution in [0, 0.1) is 0 Å². The number of nitrogen functional groups attached to an aromatic ring is 1. The van der Waals surface area contributed by atoms with Gasteiger partial charge in [0.05, 0.1) is 7.11 Å². The predicted octanol–water partition coefficient (Wildman–Crippen LogP) is 1.42. The molecular weight excluding hydrogens is 467 g/mol. The van der Waals surface area contributed by atoms with E-state index in [0.29, 0.717) is 36.3 Å². The number of hydrogen-bond donors (Lipinski definition) is 3. The smallest absolute Gasteiger partial charge is 0.322 e. The summed E-state index contributed by atoms with van der Waals surface area (Å²) < 4.78 is 5.33. The third-order valence-corrected chi connectivity index (χ3v) is 7.19. The fourth-order valence-electron chi connectivity index (χ4n) is 5.13. The van der Waals surface area contributed by atoms with Gasteiger partial charge in [0.2, 0.25) is 0 Å². The number of fused-ring (bicyclic) bond motifs is 1. The quantitative estimate of drug-likeness (QED) is 0.371. The van der Waals surface area contributed by atoms with Crippen LogP contribution in [0.3, 0.4) is 0 Å². The molecule has 2 heterocycles. The molecule has 0 aromatic heterocycles. The highest BCUT2D eigenvalue weighted by Crippen LogP contribution is 2.27. The molecule has 10 heteroatoms. The summed E-state index contributed by atoms with van der Waals surface area (Å²) in [6.45, 7) is 4.36. The number of nitrogens with two attached hydrogens (primary N) is 1. The van der Waals surface area contributed by atoms with Crippen LogP contribution in [-0.4, -0.2) is 94.5 Å². The molecule has 0 bridgehead atoms. The number of piperidine rings is 1. The molecule has 0 atom stereocenters. The van der Waals surface area contributed by atoms with Gasteiger partial charge in [0.1, 0.15) is 13.6 Å². The standard InChI is InChI=1S/C27H37BN6O3/c1-32(2)17-20-14-19(16-23(28)25(20)29)26(35)30-9-13-33-10-7-21(8-11-33)34-12-6-18-15-22(37-3)4-5-24(18)31-27(34)36/h4-5,14-16,21H,6-13,17,29H2,1-3H3,(H,30,35)(H,31,36). The zero-order chi connectivity index (χ0) is 26.5. The van der Waals surface area contributed by atoms with E-state index < -0.39 is 0 Å². The number of carbonyl (C=O) groups is 2. The fraction of sp³-hybridized carbons (Fsp3) is 0.481. The topological polar surface area (TPSA) is 103 Å².